The van der Waals surface area contributed by atoms with Crippen molar-refractivity contribution in [1.29, 1.82) is 0 Å². The molecule has 3 rings (SSSR count). The number of amides is 1. The second-order valence-corrected chi connectivity index (χ2v) is 7.25. The molecule has 6 heteroatoms. The molecule has 3 aromatic rings. The van der Waals surface area contributed by atoms with Gasteiger partial charge in [0.1, 0.15) is 0 Å². The molecule has 0 bridgehead atoms. The van der Waals surface area contributed by atoms with Gasteiger partial charge in [0.25, 0.3) is 5.91 Å². The van der Waals surface area contributed by atoms with Crippen LogP contribution < -0.4 is 11.3 Å². The normalized spacial score (nSPS) is 10.6. The van der Waals surface area contributed by atoms with Gasteiger partial charge in [0, 0.05) is 16.5 Å². The lowest BCUT2D eigenvalue weighted by molar-refractivity contribution is 0.0941. The average molecular weight is 458 g/mol. The number of hydrogen-bond donors (Lipinski definition) is 2. The number of hydrazine groups is 1. The number of benzene rings is 3. The number of rotatable bonds is 5. The molecule has 1 amide bonds. The third kappa shape index (κ3) is 3.87. The SMILES string of the molecule is Cc1c(-c2ccccc2)ccc(C(=O)c2cc(CBr)ccc2Cl)c1C(=O)NN. The third-order valence-electron chi connectivity index (χ3n) is 4.58. The molecule has 142 valence electrons. The highest BCUT2D eigenvalue weighted by Crippen LogP contribution is 2.30. The Bertz CT molecular complexity index is 1050. The van der Waals surface area contributed by atoms with E-state index in [1.807, 2.05) is 42.5 Å². The van der Waals surface area contributed by atoms with Gasteiger partial charge in [-0.3, -0.25) is 15.0 Å². The highest BCUT2D eigenvalue weighted by atomic mass is 79.9. The maximum absolute atomic E-state index is 13.3. The summed E-state index contributed by atoms with van der Waals surface area (Å²) < 4.78 is 0. The van der Waals surface area contributed by atoms with Crippen LogP contribution in [0, 0.1) is 6.92 Å². The Balaban J connectivity index is 2.20. The summed E-state index contributed by atoms with van der Waals surface area (Å²) >= 11 is 9.65. The Hall–Kier alpha value is -2.47. The van der Waals surface area contributed by atoms with Crippen LogP contribution in [-0.4, -0.2) is 11.7 Å². The van der Waals surface area contributed by atoms with Crippen molar-refractivity contribution in [2.45, 2.75) is 12.3 Å². The quantitative estimate of drug-likeness (QED) is 0.185. The minimum absolute atomic E-state index is 0.245. The lowest BCUT2D eigenvalue weighted by Crippen LogP contribution is -2.32. The zero-order valence-electron chi connectivity index (χ0n) is 15.1. The molecular formula is C22H18BrClN2O2. The van der Waals surface area contributed by atoms with Crippen molar-refractivity contribution in [2.75, 3.05) is 0 Å². The minimum Gasteiger partial charge on any atom is -0.290 e. The number of ketones is 1. The molecule has 0 atom stereocenters. The van der Waals surface area contributed by atoms with E-state index in [9.17, 15) is 9.59 Å². The minimum atomic E-state index is -0.522. The number of nitrogen functional groups attached to an aromatic ring is 1. The Morgan fingerprint density at radius 1 is 1.04 bits per heavy atom. The van der Waals surface area contributed by atoms with E-state index in [-0.39, 0.29) is 16.9 Å². The highest BCUT2D eigenvalue weighted by Gasteiger charge is 2.24. The largest absolute Gasteiger partial charge is 0.290 e. The zero-order chi connectivity index (χ0) is 20.3. The monoisotopic (exact) mass is 456 g/mol. The molecule has 0 heterocycles. The first-order valence-corrected chi connectivity index (χ1v) is 10.1. The van der Waals surface area contributed by atoms with Gasteiger partial charge in [-0.2, -0.15) is 0 Å². The molecule has 0 aliphatic heterocycles. The van der Waals surface area contributed by atoms with Crippen LogP contribution in [-0.2, 0) is 5.33 Å². The summed E-state index contributed by atoms with van der Waals surface area (Å²) in [6.07, 6.45) is 0. The van der Waals surface area contributed by atoms with Crippen molar-refractivity contribution in [3.63, 3.8) is 0 Å². The van der Waals surface area contributed by atoms with Crippen LogP contribution in [0.1, 0.15) is 37.4 Å². The predicted molar refractivity (Wildman–Crippen MR) is 116 cm³/mol. The van der Waals surface area contributed by atoms with Gasteiger partial charge in [0.2, 0.25) is 0 Å². The number of alkyl halides is 1. The van der Waals surface area contributed by atoms with E-state index in [2.05, 4.69) is 21.4 Å². The summed E-state index contributed by atoms with van der Waals surface area (Å²) in [7, 11) is 0. The van der Waals surface area contributed by atoms with E-state index in [1.54, 1.807) is 25.1 Å². The fourth-order valence-corrected chi connectivity index (χ4v) is 3.72. The van der Waals surface area contributed by atoms with Gasteiger partial charge in [0.15, 0.2) is 5.78 Å². The van der Waals surface area contributed by atoms with Gasteiger partial charge in [-0.15, -0.1) is 0 Å². The second-order valence-electron chi connectivity index (χ2n) is 6.28. The molecule has 28 heavy (non-hydrogen) atoms. The van der Waals surface area contributed by atoms with Crippen LogP contribution in [0.15, 0.2) is 60.7 Å². The lowest BCUT2D eigenvalue weighted by atomic mass is 9.89. The Kier molecular flexibility index (Phi) is 6.29. The number of carbonyl (C=O) groups is 2. The first-order chi connectivity index (χ1) is 13.5. The molecule has 0 aromatic heterocycles. The summed E-state index contributed by atoms with van der Waals surface area (Å²) in [4.78, 5) is 25.8. The molecule has 0 aliphatic rings. The van der Waals surface area contributed by atoms with Crippen LogP contribution in [0.5, 0.6) is 0 Å². The molecule has 0 aliphatic carbocycles. The fraction of sp³-hybridized carbons (Fsp3) is 0.0909. The maximum Gasteiger partial charge on any atom is 0.266 e. The summed E-state index contributed by atoms with van der Waals surface area (Å²) in [5, 5.41) is 0.922. The number of nitrogens with two attached hydrogens (primary N) is 1. The zero-order valence-corrected chi connectivity index (χ0v) is 17.5. The number of carbonyl (C=O) groups excluding carboxylic acids is 2. The van der Waals surface area contributed by atoms with Gasteiger partial charge < -0.3 is 0 Å². The van der Waals surface area contributed by atoms with Gasteiger partial charge in [0.05, 0.1) is 10.6 Å². The fourth-order valence-electron chi connectivity index (χ4n) is 3.17. The molecule has 3 N–H and O–H groups in total. The van der Waals surface area contributed by atoms with Crippen LogP contribution >= 0.6 is 27.5 Å². The Labute approximate surface area is 176 Å². The molecule has 0 saturated carbocycles. The van der Waals surface area contributed by atoms with Crippen LogP contribution in [0.2, 0.25) is 5.02 Å². The van der Waals surface area contributed by atoms with Crippen LogP contribution in [0.25, 0.3) is 11.1 Å². The maximum atomic E-state index is 13.3. The van der Waals surface area contributed by atoms with E-state index in [0.717, 1.165) is 16.7 Å². The van der Waals surface area contributed by atoms with E-state index >= 15 is 0 Å². The molecule has 3 aromatic carbocycles. The van der Waals surface area contributed by atoms with Gasteiger partial charge >= 0.3 is 0 Å². The molecule has 4 nitrogen and oxygen atoms in total. The van der Waals surface area contributed by atoms with Crippen molar-refractivity contribution in [2.24, 2.45) is 5.84 Å². The Morgan fingerprint density at radius 2 is 1.75 bits per heavy atom. The van der Waals surface area contributed by atoms with Crippen LogP contribution in [0.3, 0.4) is 0 Å². The van der Waals surface area contributed by atoms with E-state index in [0.29, 0.717) is 21.5 Å². The first kappa shape index (κ1) is 20.3. The average Bonchev–Trinajstić information content (AvgIpc) is 2.73. The summed E-state index contributed by atoms with van der Waals surface area (Å²) in [5.74, 6) is 4.56. The van der Waals surface area contributed by atoms with Crippen molar-refractivity contribution in [1.82, 2.24) is 5.43 Å². The Morgan fingerprint density at radius 3 is 2.39 bits per heavy atom. The molecule has 0 spiro atoms. The molecule has 0 fully saturated rings. The lowest BCUT2D eigenvalue weighted by Gasteiger charge is -2.16. The van der Waals surface area contributed by atoms with E-state index in [1.165, 1.54) is 0 Å². The number of hydrogen-bond acceptors (Lipinski definition) is 3. The topological polar surface area (TPSA) is 72.2 Å². The van der Waals surface area contributed by atoms with E-state index in [4.69, 9.17) is 17.4 Å². The number of halogens is 2. The van der Waals surface area contributed by atoms with Crippen molar-refractivity contribution < 1.29 is 9.59 Å². The molecule has 0 unspecified atom stereocenters. The van der Waals surface area contributed by atoms with Gasteiger partial charge in [-0.1, -0.05) is 70.0 Å². The summed E-state index contributed by atoms with van der Waals surface area (Å²) in [5.41, 5.74) is 6.39. The smallest absolute Gasteiger partial charge is 0.266 e. The molecule has 0 radical (unpaired) electrons. The van der Waals surface area contributed by atoms with E-state index < -0.39 is 5.91 Å². The molecule has 0 saturated heterocycles. The van der Waals surface area contributed by atoms with Crippen molar-refractivity contribution in [3.8, 4) is 11.1 Å². The molecular weight excluding hydrogens is 440 g/mol. The predicted octanol–water partition coefficient (Wildman–Crippen LogP) is 5.04. The third-order valence-corrected chi connectivity index (χ3v) is 5.56. The van der Waals surface area contributed by atoms with Gasteiger partial charge in [-0.25, -0.2) is 5.84 Å². The van der Waals surface area contributed by atoms with Crippen molar-refractivity contribution in [3.05, 3.63) is 93.5 Å². The summed E-state index contributed by atoms with van der Waals surface area (Å²) in [6, 6.07) is 18.4. The van der Waals surface area contributed by atoms with Crippen LogP contribution in [0.4, 0.5) is 0 Å². The highest BCUT2D eigenvalue weighted by molar-refractivity contribution is 9.08. The van der Waals surface area contributed by atoms with Crippen molar-refractivity contribution >= 4 is 39.2 Å². The number of nitrogens with one attached hydrogen (secondary N) is 1. The second kappa shape index (κ2) is 8.69. The first-order valence-electron chi connectivity index (χ1n) is 8.57. The standard InChI is InChI=1S/C22H18BrClN2O2/c1-13-16(15-5-3-2-4-6-15)8-9-17(20(13)22(28)26-25)21(27)18-11-14(12-23)7-10-19(18)24/h2-11H,12,25H2,1H3,(H,26,28). The summed E-state index contributed by atoms with van der Waals surface area (Å²) in [6.45, 7) is 1.81. The van der Waals surface area contributed by atoms with Gasteiger partial charge in [-0.05, 0) is 47.4 Å².